The summed E-state index contributed by atoms with van der Waals surface area (Å²) in [7, 11) is 0. The van der Waals surface area contributed by atoms with Crippen molar-refractivity contribution in [3.05, 3.63) is 65.0 Å². The summed E-state index contributed by atoms with van der Waals surface area (Å²) >= 11 is 0. The minimum atomic E-state index is 0.0653. The third-order valence-corrected chi connectivity index (χ3v) is 5.59. The molecule has 2 aliphatic rings. The van der Waals surface area contributed by atoms with Gasteiger partial charge < -0.3 is 5.32 Å². The highest BCUT2D eigenvalue weighted by atomic mass is 16.1. The number of carbonyl (C=O) groups excluding carboxylic acids is 1. The Balaban J connectivity index is 1.46. The normalized spacial score (nSPS) is 19.7. The molecule has 1 aromatic heterocycles. The summed E-state index contributed by atoms with van der Waals surface area (Å²) in [6.45, 7) is 0.793. The lowest BCUT2D eigenvalue weighted by Crippen LogP contribution is -2.30. The van der Waals surface area contributed by atoms with E-state index in [0.717, 1.165) is 38.6 Å². The minimum absolute atomic E-state index is 0.0653. The average Bonchev–Trinajstić information content (AvgIpc) is 3.07. The maximum atomic E-state index is 12.5. The van der Waals surface area contributed by atoms with Gasteiger partial charge in [0.15, 0.2) is 0 Å². The van der Waals surface area contributed by atoms with Crippen LogP contribution in [0, 0.1) is 0 Å². The van der Waals surface area contributed by atoms with Crippen molar-refractivity contribution in [3.63, 3.8) is 0 Å². The molecule has 1 N–H and O–H groups in total. The average molecular weight is 349 g/mol. The third-order valence-electron chi connectivity index (χ3n) is 5.59. The van der Waals surface area contributed by atoms with E-state index in [1.807, 2.05) is 18.3 Å². The third kappa shape index (κ3) is 3.90. The molecule has 1 heterocycles. The Hall–Kier alpha value is -2.36. The van der Waals surface area contributed by atoms with Gasteiger partial charge in [-0.05, 0) is 50.5 Å². The number of benzene rings is 1. The number of rotatable bonds is 4. The summed E-state index contributed by atoms with van der Waals surface area (Å²) in [5, 5.41) is 7.85. The van der Waals surface area contributed by atoms with Crippen molar-refractivity contribution >= 4 is 5.91 Å². The van der Waals surface area contributed by atoms with E-state index >= 15 is 0 Å². The van der Waals surface area contributed by atoms with Crippen molar-refractivity contribution in [1.29, 1.82) is 0 Å². The lowest BCUT2D eigenvalue weighted by Gasteiger charge is -2.24. The Morgan fingerprint density at radius 2 is 1.92 bits per heavy atom. The number of nitrogens with zero attached hydrogens (tertiary/aromatic N) is 2. The first-order valence-electron chi connectivity index (χ1n) is 9.88. The molecule has 136 valence electrons. The van der Waals surface area contributed by atoms with Gasteiger partial charge >= 0.3 is 0 Å². The zero-order valence-corrected chi connectivity index (χ0v) is 15.3. The van der Waals surface area contributed by atoms with Crippen LogP contribution in [0.2, 0.25) is 0 Å². The van der Waals surface area contributed by atoms with E-state index in [0.29, 0.717) is 0 Å². The maximum absolute atomic E-state index is 12.5. The van der Waals surface area contributed by atoms with Crippen LogP contribution in [0.15, 0.2) is 48.2 Å². The van der Waals surface area contributed by atoms with Crippen LogP contribution in [0.25, 0.3) is 0 Å². The second kappa shape index (κ2) is 7.90. The van der Waals surface area contributed by atoms with Gasteiger partial charge in [-0.1, -0.05) is 42.3 Å². The number of allylic oxidation sites excluding steroid dienone is 1. The summed E-state index contributed by atoms with van der Waals surface area (Å²) in [5.41, 5.74) is 5.04. The topological polar surface area (TPSA) is 46.9 Å². The van der Waals surface area contributed by atoms with Crippen LogP contribution >= 0.6 is 0 Å². The summed E-state index contributed by atoms with van der Waals surface area (Å²) < 4.78 is 2.10. The zero-order valence-electron chi connectivity index (χ0n) is 15.3. The van der Waals surface area contributed by atoms with Gasteiger partial charge in [-0.2, -0.15) is 5.10 Å². The van der Waals surface area contributed by atoms with E-state index in [1.54, 1.807) is 0 Å². The van der Waals surface area contributed by atoms with Gasteiger partial charge in [0.1, 0.15) is 0 Å². The van der Waals surface area contributed by atoms with Crippen LogP contribution in [0.5, 0.6) is 0 Å². The molecule has 1 saturated carbocycles. The molecule has 2 aromatic rings. The second-order valence-electron chi connectivity index (χ2n) is 7.51. The van der Waals surface area contributed by atoms with Crippen LogP contribution in [0.4, 0.5) is 0 Å². The van der Waals surface area contributed by atoms with Crippen LogP contribution in [0.1, 0.15) is 67.8 Å². The SMILES string of the molecule is O=C(C=C1CCCCC1)NC1CCCc2c1cnn2Cc1ccccc1. The zero-order chi connectivity index (χ0) is 17.8. The fraction of sp³-hybridized carbons (Fsp3) is 0.455. The number of fused-ring (bicyclic) bond motifs is 1. The van der Waals surface area contributed by atoms with Gasteiger partial charge in [-0.3, -0.25) is 9.48 Å². The van der Waals surface area contributed by atoms with Crippen LogP contribution in [0.3, 0.4) is 0 Å². The highest BCUT2D eigenvalue weighted by Crippen LogP contribution is 2.30. The molecular weight excluding hydrogens is 322 g/mol. The van der Waals surface area contributed by atoms with Gasteiger partial charge in [0.05, 0.1) is 18.8 Å². The van der Waals surface area contributed by atoms with Crippen molar-refractivity contribution < 1.29 is 4.79 Å². The van der Waals surface area contributed by atoms with Crippen LogP contribution in [-0.4, -0.2) is 15.7 Å². The standard InChI is InChI=1S/C22H27N3O/c26-22(14-17-8-3-1-4-9-17)24-20-12-7-13-21-19(20)15-23-25(21)16-18-10-5-2-6-11-18/h2,5-6,10-11,14-15,20H,1,3-4,7-9,12-13,16H2,(H,24,26). The van der Waals surface area contributed by atoms with Crippen molar-refractivity contribution in [3.8, 4) is 0 Å². The highest BCUT2D eigenvalue weighted by molar-refractivity contribution is 5.88. The molecule has 0 saturated heterocycles. The van der Waals surface area contributed by atoms with Gasteiger partial charge in [0, 0.05) is 17.3 Å². The predicted octanol–water partition coefficient (Wildman–Crippen LogP) is 4.32. The van der Waals surface area contributed by atoms with Gasteiger partial charge in [0.2, 0.25) is 5.91 Å². The molecule has 0 aliphatic heterocycles. The number of hydrogen-bond donors (Lipinski definition) is 1. The molecule has 1 unspecified atom stereocenters. The number of amides is 1. The predicted molar refractivity (Wildman–Crippen MR) is 103 cm³/mol. The highest BCUT2D eigenvalue weighted by Gasteiger charge is 2.25. The quantitative estimate of drug-likeness (QED) is 0.836. The van der Waals surface area contributed by atoms with Gasteiger partial charge in [0.25, 0.3) is 0 Å². The molecule has 0 spiro atoms. The lowest BCUT2D eigenvalue weighted by molar-refractivity contribution is -0.117. The van der Waals surface area contributed by atoms with E-state index in [4.69, 9.17) is 0 Å². The molecule has 4 heteroatoms. The summed E-state index contributed by atoms with van der Waals surface area (Å²) in [6.07, 6.45) is 12.8. The van der Waals surface area contributed by atoms with Crippen molar-refractivity contribution in [1.82, 2.24) is 15.1 Å². The van der Waals surface area contributed by atoms with Crippen molar-refractivity contribution in [2.75, 3.05) is 0 Å². The molecule has 1 atom stereocenters. The van der Waals surface area contributed by atoms with Gasteiger partial charge in [-0.15, -0.1) is 0 Å². The largest absolute Gasteiger partial charge is 0.346 e. The fourth-order valence-corrected chi connectivity index (χ4v) is 4.21. The molecule has 2 aliphatic carbocycles. The number of nitrogens with one attached hydrogen (secondary N) is 1. The van der Waals surface area contributed by atoms with E-state index in [1.165, 1.54) is 41.7 Å². The van der Waals surface area contributed by atoms with Gasteiger partial charge in [-0.25, -0.2) is 0 Å². The molecular formula is C22H27N3O. The number of carbonyl (C=O) groups is 1. The lowest BCUT2D eigenvalue weighted by atomic mass is 9.92. The van der Waals surface area contributed by atoms with Crippen molar-refractivity contribution in [2.24, 2.45) is 0 Å². The monoisotopic (exact) mass is 349 g/mol. The maximum Gasteiger partial charge on any atom is 0.244 e. The first-order valence-corrected chi connectivity index (χ1v) is 9.88. The molecule has 4 rings (SSSR count). The Morgan fingerprint density at radius 3 is 2.73 bits per heavy atom. The van der Waals surface area contributed by atoms with E-state index in [-0.39, 0.29) is 11.9 Å². The Morgan fingerprint density at radius 1 is 1.12 bits per heavy atom. The molecule has 1 fully saturated rings. The minimum Gasteiger partial charge on any atom is -0.346 e. The molecule has 0 bridgehead atoms. The number of aromatic nitrogens is 2. The number of hydrogen-bond acceptors (Lipinski definition) is 2. The van der Waals surface area contributed by atoms with E-state index in [2.05, 4.69) is 39.4 Å². The Bertz CT molecular complexity index is 783. The van der Waals surface area contributed by atoms with E-state index in [9.17, 15) is 4.79 Å². The summed E-state index contributed by atoms with van der Waals surface area (Å²) in [4.78, 5) is 12.5. The Labute approximate surface area is 155 Å². The van der Waals surface area contributed by atoms with Crippen LogP contribution < -0.4 is 5.32 Å². The van der Waals surface area contributed by atoms with E-state index < -0.39 is 0 Å². The van der Waals surface area contributed by atoms with Crippen molar-refractivity contribution in [2.45, 2.75) is 64.0 Å². The molecule has 1 aromatic carbocycles. The first-order chi connectivity index (χ1) is 12.8. The molecule has 0 radical (unpaired) electrons. The summed E-state index contributed by atoms with van der Waals surface area (Å²) in [6, 6.07) is 10.5. The molecule has 1 amide bonds. The first kappa shape index (κ1) is 17.1. The smallest absolute Gasteiger partial charge is 0.244 e. The Kier molecular flexibility index (Phi) is 5.19. The molecule has 4 nitrogen and oxygen atoms in total. The van der Waals surface area contributed by atoms with Crippen LogP contribution in [-0.2, 0) is 17.8 Å². The summed E-state index contributed by atoms with van der Waals surface area (Å²) in [5.74, 6) is 0.0653. The molecule has 26 heavy (non-hydrogen) atoms. The fourth-order valence-electron chi connectivity index (χ4n) is 4.21. The second-order valence-corrected chi connectivity index (χ2v) is 7.51.